The smallest absolute Gasteiger partial charge is 0.368 e. The minimum atomic E-state index is -0.993. The van der Waals surface area contributed by atoms with Crippen molar-refractivity contribution in [1.82, 2.24) is 0 Å². The molecule has 0 amide bonds. The van der Waals surface area contributed by atoms with Crippen molar-refractivity contribution in [3.05, 3.63) is 84.0 Å². The van der Waals surface area contributed by atoms with Crippen molar-refractivity contribution in [3.8, 4) is 11.5 Å². The van der Waals surface area contributed by atoms with Crippen molar-refractivity contribution < 1.29 is 48.8 Å². The zero-order chi connectivity index (χ0) is 29.0. The van der Waals surface area contributed by atoms with E-state index in [1.54, 1.807) is 24.3 Å². The summed E-state index contributed by atoms with van der Waals surface area (Å²) in [6.45, 7) is 13.4. The second-order valence-corrected chi connectivity index (χ2v) is 9.47. The predicted molar refractivity (Wildman–Crippen MR) is 142 cm³/mol. The van der Waals surface area contributed by atoms with Crippen LogP contribution in [0, 0.1) is 0 Å². The summed E-state index contributed by atoms with van der Waals surface area (Å²) in [5.41, 5.74) is 2.12. The SMILES string of the molecule is C=C(C)C(=O)OOCC(O)COc1ccc(C(C)(C)c2ccc(OCC(O)COOC(=O)C(=C)C)cc2)cc1. The molecule has 0 radical (unpaired) electrons. The van der Waals surface area contributed by atoms with Gasteiger partial charge in [-0.15, -0.1) is 0 Å². The van der Waals surface area contributed by atoms with Crippen LogP contribution in [-0.4, -0.2) is 60.8 Å². The molecule has 0 aliphatic rings. The number of aliphatic hydroxyl groups is 2. The maximum Gasteiger partial charge on any atom is 0.368 e. The minimum absolute atomic E-state index is 0.0463. The Kier molecular flexibility index (Phi) is 12.1. The molecule has 2 rings (SSSR count). The maximum absolute atomic E-state index is 11.3. The summed E-state index contributed by atoms with van der Waals surface area (Å²) < 4.78 is 11.2. The third-order valence-electron chi connectivity index (χ3n) is 5.52. The predicted octanol–water partition coefficient (Wildman–Crippen LogP) is 3.59. The highest BCUT2D eigenvalue weighted by Crippen LogP contribution is 2.33. The molecule has 2 N–H and O–H groups in total. The van der Waals surface area contributed by atoms with Gasteiger partial charge in [0.05, 0.1) is 0 Å². The Morgan fingerprint density at radius 2 is 1.03 bits per heavy atom. The van der Waals surface area contributed by atoms with Gasteiger partial charge < -0.3 is 19.7 Å². The maximum atomic E-state index is 11.3. The summed E-state index contributed by atoms with van der Waals surface area (Å²) in [4.78, 5) is 40.9. The van der Waals surface area contributed by atoms with Gasteiger partial charge in [0.15, 0.2) is 0 Å². The Bertz CT molecular complexity index is 1020. The summed E-state index contributed by atoms with van der Waals surface area (Å²) in [5, 5.41) is 19.9. The van der Waals surface area contributed by atoms with Gasteiger partial charge in [0.1, 0.15) is 50.1 Å². The van der Waals surface area contributed by atoms with E-state index in [1.807, 2.05) is 24.3 Å². The summed E-state index contributed by atoms with van der Waals surface area (Å²) in [6.07, 6.45) is -1.99. The third kappa shape index (κ3) is 10.5. The number of benzene rings is 2. The lowest BCUT2D eigenvalue weighted by atomic mass is 9.78. The fraction of sp³-hybridized carbons (Fsp3) is 0.379. The van der Waals surface area contributed by atoms with Gasteiger partial charge >= 0.3 is 11.9 Å². The highest BCUT2D eigenvalue weighted by Gasteiger charge is 2.23. The Labute approximate surface area is 228 Å². The van der Waals surface area contributed by atoms with E-state index >= 15 is 0 Å². The number of aliphatic hydroxyl groups excluding tert-OH is 2. The second-order valence-electron chi connectivity index (χ2n) is 9.47. The van der Waals surface area contributed by atoms with E-state index in [1.165, 1.54) is 13.8 Å². The number of ether oxygens (including phenoxy) is 2. The molecule has 0 spiro atoms. The number of rotatable bonds is 16. The second kappa shape index (κ2) is 15.0. The number of carbonyl (C=O) groups is 2. The lowest BCUT2D eigenvalue weighted by molar-refractivity contribution is -0.279. The highest BCUT2D eigenvalue weighted by molar-refractivity contribution is 5.86. The zero-order valence-corrected chi connectivity index (χ0v) is 22.7. The molecule has 10 heteroatoms. The first kappa shape index (κ1) is 31.5. The minimum Gasteiger partial charge on any atom is -0.491 e. The molecule has 0 fully saturated rings. The van der Waals surface area contributed by atoms with Gasteiger partial charge in [-0.25, -0.2) is 9.59 Å². The number of hydrogen-bond donors (Lipinski definition) is 2. The van der Waals surface area contributed by atoms with Crippen molar-refractivity contribution in [2.24, 2.45) is 0 Å². The van der Waals surface area contributed by atoms with Crippen molar-refractivity contribution in [2.45, 2.75) is 45.3 Å². The molecule has 10 nitrogen and oxygen atoms in total. The molecule has 0 aliphatic carbocycles. The zero-order valence-electron chi connectivity index (χ0n) is 22.7. The Morgan fingerprint density at radius 1 is 0.692 bits per heavy atom. The Hall–Kier alpha value is -3.70. The quantitative estimate of drug-likeness (QED) is 0.184. The molecule has 0 saturated heterocycles. The average Bonchev–Trinajstić information content (AvgIpc) is 2.91. The van der Waals surface area contributed by atoms with Gasteiger partial charge in [-0.2, -0.15) is 9.78 Å². The van der Waals surface area contributed by atoms with Crippen LogP contribution in [0.25, 0.3) is 0 Å². The van der Waals surface area contributed by atoms with Gasteiger partial charge in [0.2, 0.25) is 0 Å². The van der Waals surface area contributed by atoms with Crippen molar-refractivity contribution >= 4 is 11.9 Å². The Morgan fingerprint density at radius 3 is 1.33 bits per heavy atom. The molecule has 0 bridgehead atoms. The van der Waals surface area contributed by atoms with E-state index in [4.69, 9.17) is 19.2 Å². The van der Waals surface area contributed by atoms with Gasteiger partial charge in [0.25, 0.3) is 0 Å². The van der Waals surface area contributed by atoms with Crippen LogP contribution < -0.4 is 9.47 Å². The third-order valence-corrected chi connectivity index (χ3v) is 5.52. The van der Waals surface area contributed by atoms with Crippen LogP contribution in [0.15, 0.2) is 72.8 Å². The fourth-order valence-corrected chi connectivity index (χ4v) is 3.06. The summed E-state index contributed by atoms with van der Waals surface area (Å²) in [7, 11) is 0. The molecule has 0 aliphatic heterocycles. The van der Waals surface area contributed by atoms with E-state index < -0.39 is 24.1 Å². The standard InChI is InChI=1S/C29H36O10/c1-19(2)27(32)38-36-17-23(30)15-34-25-11-7-21(8-12-25)29(5,6)22-9-13-26(14-10-22)35-16-24(31)18-37-39-28(33)20(3)4/h7-14,23-24,30-31H,1,3,15-18H2,2,4-6H3. The van der Waals surface area contributed by atoms with Crippen LogP contribution in [0.3, 0.4) is 0 Å². The fourth-order valence-electron chi connectivity index (χ4n) is 3.06. The molecular formula is C29H36O10. The molecule has 2 unspecified atom stereocenters. The van der Waals surface area contributed by atoms with Gasteiger partial charge in [-0.1, -0.05) is 51.3 Å². The summed E-state index contributed by atoms with van der Waals surface area (Å²) in [5.74, 6) is -0.275. The number of carbonyl (C=O) groups excluding carboxylic acids is 2. The van der Waals surface area contributed by atoms with Gasteiger partial charge in [-0.3, -0.25) is 9.78 Å². The van der Waals surface area contributed by atoms with Crippen molar-refractivity contribution in [1.29, 1.82) is 0 Å². The first-order valence-electron chi connectivity index (χ1n) is 12.2. The highest BCUT2D eigenvalue weighted by atomic mass is 17.2. The van der Waals surface area contributed by atoms with E-state index in [9.17, 15) is 19.8 Å². The van der Waals surface area contributed by atoms with E-state index in [2.05, 4.69) is 36.8 Å². The molecule has 0 aromatic heterocycles. The van der Waals surface area contributed by atoms with E-state index in [-0.39, 0.29) is 43.0 Å². The topological polar surface area (TPSA) is 130 Å². The van der Waals surface area contributed by atoms with Crippen molar-refractivity contribution in [2.75, 3.05) is 26.4 Å². The lowest BCUT2D eigenvalue weighted by Gasteiger charge is -2.26. The van der Waals surface area contributed by atoms with Crippen LogP contribution >= 0.6 is 0 Å². The summed E-state index contributed by atoms with van der Waals surface area (Å²) >= 11 is 0. The molecule has 0 heterocycles. The molecule has 2 aromatic carbocycles. The molecule has 2 aromatic rings. The largest absolute Gasteiger partial charge is 0.491 e. The summed E-state index contributed by atoms with van der Waals surface area (Å²) in [6, 6.07) is 15.0. The van der Waals surface area contributed by atoms with Crippen LogP contribution in [-0.2, 0) is 34.6 Å². The molecule has 39 heavy (non-hydrogen) atoms. The van der Waals surface area contributed by atoms with Crippen LogP contribution in [0.2, 0.25) is 0 Å². The molecule has 2 atom stereocenters. The normalized spacial score (nSPS) is 12.7. The first-order valence-corrected chi connectivity index (χ1v) is 12.2. The molecule has 212 valence electrons. The van der Waals surface area contributed by atoms with Gasteiger partial charge in [0, 0.05) is 16.6 Å². The molecular weight excluding hydrogens is 508 g/mol. The van der Waals surface area contributed by atoms with E-state index in [0.29, 0.717) is 11.5 Å². The molecule has 0 saturated carbocycles. The van der Waals surface area contributed by atoms with Crippen LogP contribution in [0.4, 0.5) is 0 Å². The van der Waals surface area contributed by atoms with E-state index in [0.717, 1.165) is 11.1 Å². The Balaban J connectivity index is 1.82. The number of hydrogen-bond acceptors (Lipinski definition) is 10. The first-order chi connectivity index (χ1) is 18.4. The van der Waals surface area contributed by atoms with Crippen LogP contribution in [0.5, 0.6) is 11.5 Å². The average molecular weight is 545 g/mol. The van der Waals surface area contributed by atoms with Gasteiger partial charge in [-0.05, 0) is 49.2 Å². The monoisotopic (exact) mass is 544 g/mol. The van der Waals surface area contributed by atoms with Crippen molar-refractivity contribution in [3.63, 3.8) is 0 Å². The lowest BCUT2D eigenvalue weighted by Crippen LogP contribution is -2.24. The van der Waals surface area contributed by atoms with Crippen LogP contribution in [0.1, 0.15) is 38.8 Å².